The monoisotopic (exact) mass is 368 g/mol. The number of non-ortho nitro benzene ring substituents is 1. The number of nitrogens with one attached hydrogen (secondary N) is 1. The van der Waals surface area contributed by atoms with Gasteiger partial charge in [0.05, 0.1) is 9.82 Å². The van der Waals surface area contributed by atoms with Crippen LogP contribution in [0, 0.1) is 10.1 Å². The predicted molar refractivity (Wildman–Crippen MR) is 98.0 cm³/mol. The third-order valence-electron chi connectivity index (χ3n) is 4.77. The van der Waals surface area contributed by atoms with E-state index in [1.165, 1.54) is 50.3 Å². The Hall–Kier alpha value is -1.47. The molecule has 0 saturated heterocycles. The largest absolute Gasteiger partial charge is 0.270 e. The third-order valence-corrected chi connectivity index (χ3v) is 6.28. The summed E-state index contributed by atoms with van der Waals surface area (Å²) in [6.07, 6.45) is 12.2. The molecule has 140 valence electrons. The fraction of sp³-hybridized carbons (Fsp3) is 0.667. The fourth-order valence-electron chi connectivity index (χ4n) is 3.33. The van der Waals surface area contributed by atoms with Gasteiger partial charge >= 0.3 is 0 Å². The molecule has 1 saturated carbocycles. The van der Waals surface area contributed by atoms with Crippen LogP contribution in [0.5, 0.6) is 0 Å². The van der Waals surface area contributed by atoms with Crippen molar-refractivity contribution in [3.05, 3.63) is 34.4 Å². The summed E-state index contributed by atoms with van der Waals surface area (Å²) in [7, 11) is -3.74. The van der Waals surface area contributed by atoms with Crippen LogP contribution < -0.4 is 4.72 Å². The zero-order valence-corrected chi connectivity index (χ0v) is 15.5. The smallest absolute Gasteiger partial charge is 0.258 e. The SMILES string of the molecule is O=[N+]([O-])c1cccc(S(=O)(=O)NC2CCCCCCCCCCC2)c1. The molecular weight excluding hydrogens is 340 g/mol. The minimum atomic E-state index is -3.74. The van der Waals surface area contributed by atoms with Crippen LogP contribution in [0.3, 0.4) is 0 Å². The molecule has 0 aromatic heterocycles. The summed E-state index contributed by atoms with van der Waals surface area (Å²) < 4.78 is 28.0. The van der Waals surface area contributed by atoms with Crippen LogP contribution in [0.25, 0.3) is 0 Å². The molecular formula is C18H28N2O4S. The van der Waals surface area contributed by atoms with Gasteiger partial charge in [-0.05, 0) is 18.9 Å². The zero-order chi connectivity index (χ0) is 18.1. The van der Waals surface area contributed by atoms with Gasteiger partial charge in [-0.2, -0.15) is 0 Å². The van der Waals surface area contributed by atoms with Gasteiger partial charge < -0.3 is 0 Å². The fourth-order valence-corrected chi connectivity index (χ4v) is 4.68. The first-order chi connectivity index (χ1) is 12.0. The van der Waals surface area contributed by atoms with Crippen LogP contribution in [-0.4, -0.2) is 19.4 Å². The molecule has 0 spiro atoms. The topological polar surface area (TPSA) is 89.3 Å². The maximum Gasteiger partial charge on any atom is 0.270 e. The number of nitro benzene ring substituents is 1. The Kier molecular flexibility index (Phi) is 7.84. The van der Waals surface area contributed by atoms with Crippen LogP contribution in [-0.2, 0) is 10.0 Å². The van der Waals surface area contributed by atoms with E-state index >= 15 is 0 Å². The minimum absolute atomic E-state index is 0.0344. The molecule has 1 N–H and O–H groups in total. The summed E-state index contributed by atoms with van der Waals surface area (Å²) in [5.74, 6) is 0. The van der Waals surface area contributed by atoms with Crippen molar-refractivity contribution in [2.75, 3.05) is 0 Å². The first-order valence-electron chi connectivity index (χ1n) is 9.26. The van der Waals surface area contributed by atoms with Crippen molar-refractivity contribution in [2.45, 2.75) is 81.6 Å². The van der Waals surface area contributed by atoms with E-state index in [4.69, 9.17) is 0 Å². The molecule has 7 heteroatoms. The molecule has 0 heterocycles. The summed E-state index contributed by atoms with van der Waals surface area (Å²) in [5.41, 5.74) is -0.207. The van der Waals surface area contributed by atoms with Gasteiger partial charge in [0.2, 0.25) is 10.0 Å². The lowest BCUT2D eigenvalue weighted by molar-refractivity contribution is -0.385. The Balaban J connectivity index is 2.04. The Labute approximate surface area is 150 Å². The quantitative estimate of drug-likeness (QED) is 0.624. The first kappa shape index (κ1) is 19.8. The number of benzene rings is 1. The lowest BCUT2D eigenvalue weighted by atomic mass is 9.98. The Morgan fingerprint density at radius 2 is 1.44 bits per heavy atom. The Bertz CT molecular complexity index is 649. The summed E-state index contributed by atoms with van der Waals surface area (Å²) in [6.45, 7) is 0. The van der Waals surface area contributed by atoms with E-state index in [9.17, 15) is 18.5 Å². The van der Waals surface area contributed by atoms with Gasteiger partial charge in [-0.15, -0.1) is 0 Å². The summed E-state index contributed by atoms with van der Waals surface area (Å²) in [5, 5.41) is 10.9. The van der Waals surface area contributed by atoms with Crippen LogP contribution in [0.15, 0.2) is 29.2 Å². The molecule has 0 bridgehead atoms. The van der Waals surface area contributed by atoms with Crippen molar-refractivity contribution in [2.24, 2.45) is 0 Å². The molecule has 1 aromatic rings. The highest BCUT2D eigenvalue weighted by molar-refractivity contribution is 7.89. The van der Waals surface area contributed by atoms with Crippen molar-refractivity contribution in [3.8, 4) is 0 Å². The molecule has 0 atom stereocenters. The molecule has 0 unspecified atom stereocenters. The number of sulfonamides is 1. The summed E-state index contributed by atoms with van der Waals surface area (Å²) in [6, 6.07) is 5.15. The van der Waals surface area contributed by atoms with Crippen LogP contribution in [0.1, 0.15) is 70.6 Å². The van der Waals surface area contributed by atoms with Crippen molar-refractivity contribution in [1.82, 2.24) is 4.72 Å². The van der Waals surface area contributed by atoms with E-state index in [2.05, 4.69) is 4.72 Å². The van der Waals surface area contributed by atoms with Crippen molar-refractivity contribution in [1.29, 1.82) is 0 Å². The van der Waals surface area contributed by atoms with E-state index < -0.39 is 14.9 Å². The average Bonchev–Trinajstić information content (AvgIpc) is 2.57. The number of nitrogens with zero attached hydrogens (tertiary/aromatic N) is 1. The second kappa shape index (κ2) is 9.87. The Morgan fingerprint density at radius 1 is 0.920 bits per heavy atom. The minimum Gasteiger partial charge on any atom is -0.258 e. The molecule has 1 fully saturated rings. The highest BCUT2D eigenvalue weighted by Crippen LogP contribution is 2.21. The summed E-state index contributed by atoms with van der Waals surface area (Å²) in [4.78, 5) is 10.3. The van der Waals surface area contributed by atoms with Crippen molar-refractivity contribution in [3.63, 3.8) is 0 Å². The number of nitro groups is 1. The lowest BCUT2D eigenvalue weighted by Crippen LogP contribution is -2.35. The molecule has 0 amide bonds. The molecule has 2 rings (SSSR count). The van der Waals surface area contributed by atoms with Crippen molar-refractivity contribution < 1.29 is 13.3 Å². The second-order valence-corrected chi connectivity index (χ2v) is 8.55. The maximum atomic E-state index is 12.6. The third kappa shape index (κ3) is 6.74. The van der Waals surface area contributed by atoms with Gasteiger partial charge in [0.1, 0.15) is 0 Å². The number of rotatable bonds is 4. The average molecular weight is 368 g/mol. The zero-order valence-electron chi connectivity index (χ0n) is 14.7. The maximum absolute atomic E-state index is 12.6. The van der Waals surface area contributed by atoms with Gasteiger partial charge in [-0.1, -0.05) is 63.9 Å². The molecule has 1 aromatic carbocycles. The van der Waals surface area contributed by atoms with E-state index in [1.54, 1.807) is 0 Å². The number of hydrogen-bond acceptors (Lipinski definition) is 4. The van der Waals surface area contributed by atoms with Crippen molar-refractivity contribution >= 4 is 15.7 Å². The highest BCUT2D eigenvalue weighted by Gasteiger charge is 2.22. The van der Waals surface area contributed by atoms with Gasteiger partial charge in [-0.3, -0.25) is 10.1 Å². The van der Waals surface area contributed by atoms with E-state index in [0.29, 0.717) is 0 Å². The van der Waals surface area contributed by atoms with Gasteiger partial charge in [0.25, 0.3) is 5.69 Å². The predicted octanol–water partition coefficient (Wildman–Crippen LogP) is 4.55. The lowest BCUT2D eigenvalue weighted by Gasteiger charge is -2.19. The molecule has 0 aliphatic heterocycles. The Morgan fingerprint density at radius 3 is 1.96 bits per heavy atom. The standard InChI is InChI=1S/C18H28N2O4S/c21-20(22)17-13-10-14-18(15-17)25(23,24)19-16-11-8-6-4-2-1-3-5-7-9-12-16/h10,13-16,19H,1-9,11-12H2. The van der Waals surface area contributed by atoms with E-state index in [1.807, 2.05) is 0 Å². The first-order valence-corrected chi connectivity index (χ1v) is 10.7. The highest BCUT2D eigenvalue weighted by atomic mass is 32.2. The van der Waals surface area contributed by atoms with Crippen LogP contribution in [0.4, 0.5) is 5.69 Å². The molecule has 1 aliphatic rings. The summed E-state index contributed by atoms with van der Waals surface area (Å²) >= 11 is 0. The molecule has 1 aliphatic carbocycles. The van der Waals surface area contributed by atoms with Crippen LogP contribution in [0.2, 0.25) is 0 Å². The van der Waals surface area contributed by atoms with Gasteiger partial charge in [0.15, 0.2) is 0 Å². The van der Waals surface area contributed by atoms with Gasteiger partial charge in [-0.25, -0.2) is 13.1 Å². The normalized spacial score (nSPS) is 18.9. The molecule has 6 nitrogen and oxygen atoms in total. The van der Waals surface area contributed by atoms with E-state index in [-0.39, 0.29) is 16.6 Å². The molecule has 25 heavy (non-hydrogen) atoms. The second-order valence-electron chi connectivity index (χ2n) is 6.83. The molecule has 0 radical (unpaired) electrons. The van der Waals surface area contributed by atoms with Gasteiger partial charge in [0, 0.05) is 18.2 Å². The number of hydrogen-bond donors (Lipinski definition) is 1. The van der Waals surface area contributed by atoms with Crippen LogP contribution >= 0.6 is 0 Å². The van der Waals surface area contributed by atoms with E-state index in [0.717, 1.165) is 44.6 Å².